The predicted octanol–water partition coefficient (Wildman–Crippen LogP) is 8.73. The first kappa shape index (κ1) is 27.2. The summed E-state index contributed by atoms with van der Waals surface area (Å²) in [6.45, 7) is 7.46. The van der Waals surface area contributed by atoms with Crippen LogP contribution < -0.4 is 9.47 Å². The molecule has 2 fully saturated rings. The summed E-state index contributed by atoms with van der Waals surface area (Å²) in [5, 5.41) is 9.40. The van der Waals surface area contributed by atoms with Gasteiger partial charge in [0, 0.05) is 5.56 Å². The van der Waals surface area contributed by atoms with Crippen LogP contribution in [0.5, 0.6) is 11.5 Å². The number of aliphatic carboxylic acids is 1. The van der Waals surface area contributed by atoms with Gasteiger partial charge in [-0.05, 0) is 108 Å². The number of halogens is 1. The molecule has 5 heteroatoms. The van der Waals surface area contributed by atoms with Crippen LogP contribution in [0.3, 0.4) is 0 Å². The average molecular weight is 531 g/mol. The first-order chi connectivity index (χ1) is 18.7. The van der Waals surface area contributed by atoms with Gasteiger partial charge in [-0.2, -0.15) is 0 Å². The van der Waals surface area contributed by atoms with Crippen LogP contribution in [0.2, 0.25) is 0 Å². The van der Waals surface area contributed by atoms with E-state index in [9.17, 15) is 9.90 Å². The van der Waals surface area contributed by atoms with Crippen LogP contribution in [-0.4, -0.2) is 17.7 Å². The first-order valence-corrected chi connectivity index (χ1v) is 14.2. The summed E-state index contributed by atoms with van der Waals surface area (Å²) in [4.78, 5) is 11.4. The van der Waals surface area contributed by atoms with E-state index in [2.05, 4.69) is 19.9 Å². The lowest BCUT2D eigenvalue weighted by atomic mass is 9.75. The highest BCUT2D eigenvalue weighted by atomic mass is 19.1. The summed E-state index contributed by atoms with van der Waals surface area (Å²) in [5.41, 5.74) is 4.84. The Morgan fingerprint density at radius 2 is 1.79 bits per heavy atom. The van der Waals surface area contributed by atoms with Gasteiger partial charge < -0.3 is 14.6 Å². The second-order valence-corrected chi connectivity index (χ2v) is 11.8. The maximum Gasteiger partial charge on any atom is 0.303 e. The van der Waals surface area contributed by atoms with Crippen molar-refractivity contribution in [3.63, 3.8) is 0 Å². The molecule has 0 amide bonds. The van der Waals surface area contributed by atoms with E-state index in [-0.39, 0.29) is 23.6 Å². The minimum Gasteiger partial charge on any atom is -0.494 e. The van der Waals surface area contributed by atoms with E-state index in [0.29, 0.717) is 36.4 Å². The van der Waals surface area contributed by atoms with Crippen molar-refractivity contribution in [1.82, 2.24) is 0 Å². The topological polar surface area (TPSA) is 55.8 Å². The fourth-order valence-corrected chi connectivity index (χ4v) is 6.35. The molecule has 5 rings (SSSR count). The van der Waals surface area contributed by atoms with Crippen molar-refractivity contribution in [2.45, 2.75) is 77.7 Å². The van der Waals surface area contributed by atoms with Crippen molar-refractivity contribution >= 4 is 5.97 Å². The number of hydrogen-bond donors (Lipinski definition) is 1. The van der Waals surface area contributed by atoms with Crippen LogP contribution >= 0.6 is 0 Å². The van der Waals surface area contributed by atoms with Gasteiger partial charge in [-0.25, -0.2) is 4.39 Å². The molecule has 0 unspecified atom stereocenters. The summed E-state index contributed by atoms with van der Waals surface area (Å²) in [6.07, 6.45) is 5.70. The maximum atomic E-state index is 15.2. The van der Waals surface area contributed by atoms with Crippen LogP contribution in [0, 0.1) is 17.2 Å². The summed E-state index contributed by atoms with van der Waals surface area (Å²) in [6, 6.07) is 19.1. The molecule has 0 saturated heterocycles. The number of benzene rings is 3. The van der Waals surface area contributed by atoms with Gasteiger partial charge >= 0.3 is 5.97 Å². The number of carbonyl (C=O) groups is 1. The van der Waals surface area contributed by atoms with E-state index < -0.39 is 5.97 Å². The molecule has 0 aliphatic heterocycles. The Morgan fingerprint density at radius 3 is 2.49 bits per heavy atom. The largest absolute Gasteiger partial charge is 0.494 e. The lowest BCUT2D eigenvalue weighted by Crippen LogP contribution is -2.17. The monoisotopic (exact) mass is 530 g/mol. The molecule has 0 bridgehead atoms. The Labute approximate surface area is 231 Å². The quantitative estimate of drug-likeness (QED) is 0.269. The van der Waals surface area contributed by atoms with Crippen LogP contribution in [0.25, 0.3) is 11.1 Å². The molecule has 2 aliphatic rings. The second kappa shape index (κ2) is 11.4. The van der Waals surface area contributed by atoms with E-state index in [1.165, 1.54) is 6.07 Å². The standard InChI is InChI=1S/C34H39FO4/c1-4-38-26-13-15-32(35)30(19-26)27-14-10-22(17-29(27)31-9-6-16-34(31,2)3)21-39-25-8-5-7-24(18-25)28(20-33(36)37)23-11-12-23/h5,7-8,10,13-15,17-19,23,28,31H,4,6,9,11-12,16,20-21H2,1-3H3,(H,36,37)/t28-,31+/m1/s1. The van der Waals surface area contributed by atoms with E-state index in [1.54, 1.807) is 6.07 Å². The average Bonchev–Trinajstić information content (AvgIpc) is 3.69. The number of hydrogen-bond acceptors (Lipinski definition) is 3. The SMILES string of the molecule is CCOc1ccc(F)c(-c2ccc(COc3cccc([C@H](CC(=O)O)C4CC4)c3)cc2[C@@H]2CCCC2(C)C)c1. The summed E-state index contributed by atoms with van der Waals surface area (Å²) < 4.78 is 27.1. The van der Waals surface area contributed by atoms with E-state index >= 15 is 4.39 Å². The van der Waals surface area contributed by atoms with Crippen molar-refractivity contribution in [3.8, 4) is 22.6 Å². The fraction of sp³-hybridized carbons (Fsp3) is 0.441. The molecule has 1 N–H and O–H groups in total. The van der Waals surface area contributed by atoms with Gasteiger partial charge in [-0.1, -0.05) is 50.6 Å². The van der Waals surface area contributed by atoms with Crippen LogP contribution in [0.1, 0.15) is 87.8 Å². The van der Waals surface area contributed by atoms with E-state index in [4.69, 9.17) is 9.47 Å². The molecule has 2 saturated carbocycles. The Morgan fingerprint density at radius 1 is 1.00 bits per heavy atom. The summed E-state index contributed by atoms with van der Waals surface area (Å²) >= 11 is 0. The van der Waals surface area contributed by atoms with Gasteiger partial charge in [0.05, 0.1) is 13.0 Å². The number of carboxylic acid groups (broad SMARTS) is 1. The van der Waals surface area contributed by atoms with Crippen molar-refractivity contribution in [3.05, 3.63) is 83.2 Å². The van der Waals surface area contributed by atoms with Crippen LogP contribution in [-0.2, 0) is 11.4 Å². The molecule has 2 aliphatic carbocycles. The minimum atomic E-state index is -0.760. The van der Waals surface area contributed by atoms with Gasteiger partial charge in [0.2, 0.25) is 0 Å². The zero-order chi connectivity index (χ0) is 27.6. The predicted molar refractivity (Wildman–Crippen MR) is 152 cm³/mol. The van der Waals surface area contributed by atoms with Gasteiger partial charge in [0.25, 0.3) is 0 Å². The number of ether oxygens (including phenoxy) is 2. The molecular weight excluding hydrogens is 491 g/mol. The third kappa shape index (κ3) is 6.29. The number of rotatable bonds is 11. The normalized spacial score (nSPS) is 19.0. The van der Waals surface area contributed by atoms with Crippen molar-refractivity contribution in [2.24, 2.45) is 11.3 Å². The highest BCUT2D eigenvalue weighted by Crippen LogP contribution is 2.51. The van der Waals surface area contributed by atoms with E-state index in [0.717, 1.165) is 60.1 Å². The molecule has 206 valence electrons. The van der Waals surface area contributed by atoms with E-state index in [1.807, 2.05) is 49.4 Å². The minimum absolute atomic E-state index is 0.0314. The van der Waals surface area contributed by atoms with Crippen molar-refractivity contribution in [1.29, 1.82) is 0 Å². The molecule has 2 atom stereocenters. The second-order valence-electron chi connectivity index (χ2n) is 11.8. The Bertz CT molecular complexity index is 1330. The lowest BCUT2D eigenvalue weighted by molar-refractivity contribution is -0.137. The van der Waals surface area contributed by atoms with Crippen LogP contribution in [0.4, 0.5) is 4.39 Å². The summed E-state index contributed by atoms with van der Waals surface area (Å²) in [5.74, 6) is 1.20. The first-order valence-electron chi connectivity index (χ1n) is 14.2. The lowest BCUT2D eigenvalue weighted by Gasteiger charge is -2.30. The molecule has 0 radical (unpaired) electrons. The zero-order valence-electron chi connectivity index (χ0n) is 23.2. The molecule has 3 aromatic carbocycles. The molecule has 3 aromatic rings. The zero-order valence-corrected chi connectivity index (χ0v) is 23.2. The summed E-state index contributed by atoms with van der Waals surface area (Å²) in [7, 11) is 0. The maximum absolute atomic E-state index is 15.2. The Hall–Kier alpha value is -3.34. The van der Waals surface area contributed by atoms with Gasteiger partial charge in [-0.15, -0.1) is 0 Å². The molecule has 0 aromatic heterocycles. The van der Waals surface area contributed by atoms with Crippen molar-refractivity contribution < 1.29 is 23.8 Å². The van der Waals surface area contributed by atoms with Gasteiger partial charge in [-0.3, -0.25) is 4.79 Å². The van der Waals surface area contributed by atoms with Gasteiger partial charge in [0.15, 0.2) is 0 Å². The Balaban J connectivity index is 1.43. The molecule has 0 spiro atoms. The third-order valence-corrected chi connectivity index (χ3v) is 8.56. The fourth-order valence-electron chi connectivity index (χ4n) is 6.35. The van der Waals surface area contributed by atoms with Gasteiger partial charge in [0.1, 0.15) is 23.9 Å². The molecular formula is C34H39FO4. The number of carboxylic acids is 1. The molecule has 39 heavy (non-hydrogen) atoms. The van der Waals surface area contributed by atoms with Crippen molar-refractivity contribution in [2.75, 3.05) is 6.61 Å². The molecule has 4 nitrogen and oxygen atoms in total. The molecule has 0 heterocycles. The Kier molecular flexibility index (Phi) is 7.97. The third-order valence-electron chi connectivity index (χ3n) is 8.56. The highest BCUT2D eigenvalue weighted by Gasteiger charge is 2.37. The smallest absolute Gasteiger partial charge is 0.303 e. The van der Waals surface area contributed by atoms with Crippen LogP contribution in [0.15, 0.2) is 60.7 Å². The highest BCUT2D eigenvalue weighted by molar-refractivity contribution is 5.71.